The zero-order valence-electron chi connectivity index (χ0n) is 7.92. The van der Waals surface area contributed by atoms with E-state index in [4.69, 9.17) is 4.74 Å². The molecular formula is C10H17NO2. The molecule has 1 saturated heterocycles. The number of hydrogen-bond donors (Lipinski definition) is 1. The van der Waals surface area contributed by atoms with E-state index >= 15 is 0 Å². The average molecular weight is 183 g/mol. The first kappa shape index (κ1) is 9.00. The molecule has 13 heavy (non-hydrogen) atoms. The van der Waals surface area contributed by atoms with E-state index in [0.717, 1.165) is 13.2 Å². The number of hydrogen-bond acceptors (Lipinski definition) is 2. The topological polar surface area (TPSA) is 38.3 Å². The molecule has 1 heterocycles. The third kappa shape index (κ3) is 2.44. The van der Waals surface area contributed by atoms with Gasteiger partial charge < -0.3 is 10.1 Å². The highest BCUT2D eigenvalue weighted by Crippen LogP contribution is 2.19. The van der Waals surface area contributed by atoms with E-state index in [1.54, 1.807) is 0 Å². The Morgan fingerprint density at radius 1 is 1.31 bits per heavy atom. The van der Waals surface area contributed by atoms with Crippen LogP contribution in [0.15, 0.2) is 0 Å². The third-order valence-corrected chi connectivity index (χ3v) is 2.90. The summed E-state index contributed by atoms with van der Waals surface area (Å²) in [5, 5.41) is 3.08. The molecule has 0 radical (unpaired) electrons. The minimum Gasteiger partial charge on any atom is -0.381 e. The van der Waals surface area contributed by atoms with Gasteiger partial charge in [-0.2, -0.15) is 0 Å². The van der Waals surface area contributed by atoms with Crippen LogP contribution in [0, 0.1) is 5.92 Å². The van der Waals surface area contributed by atoms with Gasteiger partial charge in [0.25, 0.3) is 0 Å². The van der Waals surface area contributed by atoms with E-state index in [0.29, 0.717) is 18.4 Å². The smallest absolute Gasteiger partial charge is 0.220 e. The van der Waals surface area contributed by atoms with E-state index in [1.165, 1.54) is 25.7 Å². The number of carbonyl (C=O) groups excluding carboxylic acids is 1. The summed E-state index contributed by atoms with van der Waals surface area (Å²) in [6, 6.07) is 0.466. The summed E-state index contributed by atoms with van der Waals surface area (Å²) in [4.78, 5) is 11.4. The Morgan fingerprint density at radius 2 is 2.00 bits per heavy atom. The maximum absolute atomic E-state index is 11.4. The Kier molecular flexibility index (Phi) is 2.83. The van der Waals surface area contributed by atoms with Crippen LogP contribution in [-0.2, 0) is 9.53 Å². The number of nitrogens with one attached hydrogen (secondary N) is 1. The minimum absolute atomic E-state index is 0.222. The van der Waals surface area contributed by atoms with Crippen molar-refractivity contribution in [1.82, 2.24) is 5.32 Å². The van der Waals surface area contributed by atoms with E-state index in [-0.39, 0.29) is 5.91 Å². The average Bonchev–Trinajstić information content (AvgIpc) is 2.49. The van der Waals surface area contributed by atoms with Gasteiger partial charge in [0.15, 0.2) is 0 Å². The van der Waals surface area contributed by atoms with Crippen LogP contribution in [0.5, 0.6) is 0 Å². The zero-order chi connectivity index (χ0) is 9.10. The molecule has 0 unspecified atom stereocenters. The molecule has 2 rings (SSSR count). The second-order valence-corrected chi connectivity index (χ2v) is 4.16. The van der Waals surface area contributed by atoms with E-state index in [1.807, 2.05) is 0 Å². The van der Waals surface area contributed by atoms with Crippen LogP contribution in [-0.4, -0.2) is 25.2 Å². The maximum Gasteiger partial charge on any atom is 0.220 e. The van der Waals surface area contributed by atoms with Gasteiger partial charge in [0.2, 0.25) is 5.91 Å². The molecule has 0 aromatic carbocycles. The van der Waals surface area contributed by atoms with Crippen LogP contribution in [0.1, 0.15) is 32.1 Å². The molecule has 3 nitrogen and oxygen atoms in total. The number of carbonyl (C=O) groups is 1. The van der Waals surface area contributed by atoms with Crippen LogP contribution in [0.25, 0.3) is 0 Å². The van der Waals surface area contributed by atoms with Gasteiger partial charge in [0.1, 0.15) is 0 Å². The van der Waals surface area contributed by atoms with Gasteiger partial charge in [-0.25, -0.2) is 0 Å². The largest absolute Gasteiger partial charge is 0.381 e. The van der Waals surface area contributed by atoms with Gasteiger partial charge in [-0.05, 0) is 12.8 Å². The number of ether oxygens (including phenoxy) is 1. The van der Waals surface area contributed by atoms with Crippen molar-refractivity contribution in [2.24, 2.45) is 5.92 Å². The molecule has 0 spiro atoms. The van der Waals surface area contributed by atoms with Crippen LogP contribution >= 0.6 is 0 Å². The predicted octanol–water partition coefficient (Wildman–Crippen LogP) is 1.08. The fourth-order valence-electron chi connectivity index (χ4n) is 2.02. The van der Waals surface area contributed by atoms with Crippen LogP contribution in [0.2, 0.25) is 0 Å². The summed E-state index contributed by atoms with van der Waals surface area (Å²) < 4.78 is 5.03. The molecule has 1 amide bonds. The monoisotopic (exact) mass is 183 g/mol. The molecular weight excluding hydrogens is 166 g/mol. The van der Waals surface area contributed by atoms with Gasteiger partial charge in [0, 0.05) is 18.4 Å². The number of rotatable bonds is 3. The van der Waals surface area contributed by atoms with Crippen LogP contribution in [0.4, 0.5) is 0 Å². The summed E-state index contributed by atoms with van der Waals surface area (Å²) in [7, 11) is 0. The minimum atomic E-state index is 0.222. The zero-order valence-corrected chi connectivity index (χ0v) is 7.92. The molecule has 3 heteroatoms. The molecule has 0 atom stereocenters. The van der Waals surface area contributed by atoms with Crippen molar-refractivity contribution in [3.8, 4) is 0 Å². The fraction of sp³-hybridized carbons (Fsp3) is 0.900. The standard InChI is InChI=1S/C10H17NO2/c12-10(5-8-6-13-7-8)11-9-3-1-2-4-9/h8-9H,1-7H2,(H,11,12). The second kappa shape index (κ2) is 4.09. The molecule has 1 aliphatic heterocycles. The van der Waals surface area contributed by atoms with Crippen molar-refractivity contribution in [1.29, 1.82) is 0 Å². The summed E-state index contributed by atoms with van der Waals surface area (Å²) in [5.41, 5.74) is 0. The van der Waals surface area contributed by atoms with Crippen molar-refractivity contribution in [2.45, 2.75) is 38.1 Å². The summed E-state index contributed by atoms with van der Waals surface area (Å²) in [6.45, 7) is 1.55. The summed E-state index contributed by atoms with van der Waals surface area (Å²) >= 11 is 0. The summed E-state index contributed by atoms with van der Waals surface area (Å²) in [6.07, 6.45) is 5.56. The van der Waals surface area contributed by atoms with Crippen LogP contribution in [0.3, 0.4) is 0 Å². The maximum atomic E-state index is 11.4. The van der Waals surface area contributed by atoms with Crippen molar-refractivity contribution < 1.29 is 9.53 Å². The molecule has 1 saturated carbocycles. The van der Waals surface area contributed by atoms with E-state index in [9.17, 15) is 4.79 Å². The molecule has 74 valence electrons. The lowest BCUT2D eigenvalue weighted by Crippen LogP contribution is -2.38. The van der Waals surface area contributed by atoms with Gasteiger partial charge in [-0.15, -0.1) is 0 Å². The van der Waals surface area contributed by atoms with Crippen molar-refractivity contribution >= 4 is 5.91 Å². The Bertz CT molecular complexity index is 183. The van der Waals surface area contributed by atoms with Gasteiger partial charge >= 0.3 is 0 Å². The lowest BCUT2D eigenvalue weighted by molar-refractivity contribution is -0.127. The quantitative estimate of drug-likeness (QED) is 0.711. The second-order valence-electron chi connectivity index (χ2n) is 4.16. The molecule has 0 aromatic rings. The Labute approximate surface area is 78.8 Å². The first-order valence-electron chi connectivity index (χ1n) is 5.21. The van der Waals surface area contributed by atoms with E-state index in [2.05, 4.69) is 5.32 Å². The van der Waals surface area contributed by atoms with Crippen molar-refractivity contribution in [3.05, 3.63) is 0 Å². The first-order valence-corrected chi connectivity index (χ1v) is 5.21. The molecule has 1 N–H and O–H groups in total. The lowest BCUT2D eigenvalue weighted by Gasteiger charge is -2.25. The fourth-order valence-corrected chi connectivity index (χ4v) is 2.02. The lowest BCUT2D eigenvalue weighted by atomic mass is 10.0. The SMILES string of the molecule is O=C(CC1COC1)NC1CCCC1. The normalized spacial score (nSPS) is 24.3. The van der Waals surface area contributed by atoms with Gasteiger partial charge in [-0.3, -0.25) is 4.79 Å². The number of amides is 1. The summed E-state index contributed by atoms with van der Waals surface area (Å²) in [5.74, 6) is 0.710. The molecule has 2 fully saturated rings. The molecule has 0 bridgehead atoms. The highest BCUT2D eigenvalue weighted by molar-refractivity contribution is 5.76. The van der Waals surface area contributed by atoms with E-state index < -0.39 is 0 Å². The van der Waals surface area contributed by atoms with Gasteiger partial charge in [-0.1, -0.05) is 12.8 Å². The van der Waals surface area contributed by atoms with Crippen LogP contribution < -0.4 is 5.32 Å². The highest BCUT2D eigenvalue weighted by atomic mass is 16.5. The molecule has 2 aliphatic rings. The predicted molar refractivity (Wildman–Crippen MR) is 49.3 cm³/mol. The Hall–Kier alpha value is -0.570. The molecule has 1 aliphatic carbocycles. The Morgan fingerprint density at radius 3 is 2.54 bits per heavy atom. The Balaban J connectivity index is 1.64. The van der Waals surface area contributed by atoms with Crippen molar-refractivity contribution in [2.75, 3.05) is 13.2 Å². The van der Waals surface area contributed by atoms with Crippen molar-refractivity contribution in [3.63, 3.8) is 0 Å². The first-order chi connectivity index (χ1) is 6.34. The van der Waals surface area contributed by atoms with Gasteiger partial charge in [0.05, 0.1) is 13.2 Å². The highest BCUT2D eigenvalue weighted by Gasteiger charge is 2.23. The third-order valence-electron chi connectivity index (χ3n) is 2.90. The molecule has 0 aromatic heterocycles.